The van der Waals surface area contributed by atoms with E-state index in [1.807, 2.05) is 31.2 Å². The number of benzene rings is 2. The number of rotatable bonds is 6. The van der Waals surface area contributed by atoms with Crippen LogP contribution in [0.1, 0.15) is 5.56 Å². The standard InChI is InChI=1S/C18H19N5O3/c1-12-6-4-5-7-16(12)18-20-22-23(21-18)11-17(24)19-13-8-14(25-2)10-15(9-13)26-3/h4-10H,11H2,1-3H3,(H,19,24). The van der Waals surface area contributed by atoms with Crippen molar-refractivity contribution in [3.8, 4) is 22.9 Å². The number of ether oxygens (including phenoxy) is 2. The van der Waals surface area contributed by atoms with Gasteiger partial charge in [-0.2, -0.15) is 4.80 Å². The van der Waals surface area contributed by atoms with E-state index in [4.69, 9.17) is 9.47 Å². The number of tetrazole rings is 1. The summed E-state index contributed by atoms with van der Waals surface area (Å²) in [5, 5.41) is 15.0. The van der Waals surface area contributed by atoms with Crippen LogP contribution in [0.4, 0.5) is 5.69 Å². The molecule has 0 unspecified atom stereocenters. The molecule has 0 aliphatic heterocycles. The number of nitrogens with zero attached hydrogens (tertiary/aromatic N) is 4. The molecule has 134 valence electrons. The van der Waals surface area contributed by atoms with Gasteiger partial charge in [-0.15, -0.1) is 10.2 Å². The molecule has 0 atom stereocenters. The van der Waals surface area contributed by atoms with Crippen LogP contribution >= 0.6 is 0 Å². The number of methoxy groups -OCH3 is 2. The lowest BCUT2D eigenvalue weighted by Crippen LogP contribution is -2.20. The molecule has 0 saturated carbocycles. The third kappa shape index (κ3) is 3.97. The topological polar surface area (TPSA) is 91.2 Å². The molecule has 0 spiro atoms. The van der Waals surface area contributed by atoms with Gasteiger partial charge in [0.1, 0.15) is 18.0 Å². The van der Waals surface area contributed by atoms with Gasteiger partial charge < -0.3 is 14.8 Å². The quantitative estimate of drug-likeness (QED) is 0.731. The second kappa shape index (κ2) is 7.64. The van der Waals surface area contributed by atoms with Crippen LogP contribution in [0.25, 0.3) is 11.4 Å². The highest BCUT2D eigenvalue weighted by molar-refractivity contribution is 5.90. The van der Waals surface area contributed by atoms with Crippen molar-refractivity contribution in [2.24, 2.45) is 0 Å². The Morgan fingerprint density at radius 3 is 2.46 bits per heavy atom. The molecule has 0 aliphatic carbocycles. The molecule has 26 heavy (non-hydrogen) atoms. The van der Waals surface area contributed by atoms with Crippen LogP contribution in [0.2, 0.25) is 0 Å². The highest BCUT2D eigenvalue weighted by Gasteiger charge is 2.12. The zero-order valence-electron chi connectivity index (χ0n) is 14.8. The maximum atomic E-state index is 12.3. The molecule has 0 radical (unpaired) electrons. The highest BCUT2D eigenvalue weighted by atomic mass is 16.5. The normalized spacial score (nSPS) is 10.4. The number of amides is 1. The number of carbonyl (C=O) groups is 1. The number of carbonyl (C=O) groups excluding carboxylic acids is 1. The van der Waals surface area contributed by atoms with E-state index in [1.54, 1.807) is 32.4 Å². The van der Waals surface area contributed by atoms with Crippen molar-refractivity contribution >= 4 is 11.6 Å². The maximum absolute atomic E-state index is 12.3. The molecule has 0 aliphatic rings. The minimum absolute atomic E-state index is 0.0571. The average Bonchev–Trinajstić information content (AvgIpc) is 3.09. The van der Waals surface area contributed by atoms with E-state index >= 15 is 0 Å². The molecule has 0 saturated heterocycles. The number of hydrogen-bond acceptors (Lipinski definition) is 6. The average molecular weight is 353 g/mol. The Morgan fingerprint density at radius 1 is 1.12 bits per heavy atom. The molecule has 8 heteroatoms. The second-order valence-electron chi connectivity index (χ2n) is 5.61. The zero-order valence-corrected chi connectivity index (χ0v) is 14.8. The van der Waals surface area contributed by atoms with Gasteiger partial charge in [-0.05, 0) is 17.7 Å². The van der Waals surface area contributed by atoms with Crippen molar-refractivity contribution < 1.29 is 14.3 Å². The van der Waals surface area contributed by atoms with Crippen molar-refractivity contribution in [2.45, 2.75) is 13.5 Å². The maximum Gasteiger partial charge on any atom is 0.248 e. The first-order valence-corrected chi connectivity index (χ1v) is 7.96. The number of nitrogens with one attached hydrogen (secondary N) is 1. The van der Waals surface area contributed by atoms with Gasteiger partial charge in [0.15, 0.2) is 0 Å². The van der Waals surface area contributed by atoms with Crippen LogP contribution in [-0.4, -0.2) is 40.3 Å². The zero-order chi connectivity index (χ0) is 18.5. The molecule has 0 fully saturated rings. The van der Waals surface area contributed by atoms with Crippen molar-refractivity contribution in [1.29, 1.82) is 0 Å². The summed E-state index contributed by atoms with van der Waals surface area (Å²) in [6.07, 6.45) is 0. The molecule has 1 aromatic heterocycles. The Morgan fingerprint density at radius 2 is 1.81 bits per heavy atom. The third-order valence-corrected chi connectivity index (χ3v) is 3.76. The minimum Gasteiger partial charge on any atom is -0.497 e. The van der Waals surface area contributed by atoms with E-state index in [1.165, 1.54) is 4.80 Å². The monoisotopic (exact) mass is 353 g/mol. The van der Waals surface area contributed by atoms with E-state index in [0.29, 0.717) is 23.0 Å². The summed E-state index contributed by atoms with van der Waals surface area (Å²) in [6, 6.07) is 12.9. The number of aromatic nitrogens is 4. The molecular formula is C18H19N5O3. The number of aryl methyl sites for hydroxylation is 1. The van der Waals surface area contributed by atoms with Crippen LogP contribution in [0.3, 0.4) is 0 Å². The van der Waals surface area contributed by atoms with Crippen molar-refractivity contribution in [3.63, 3.8) is 0 Å². The Bertz CT molecular complexity index is 900. The van der Waals surface area contributed by atoms with Crippen LogP contribution in [0, 0.1) is 6.92 Å². The lowest BCUT2D eigenvalue weighted by molar-refractivity contribution is -0.117. The molecule has 2 aromatic carbocycles. The summed E-state index contributed by atoms with van der Waals surface area (Å²) < 4.78 is 10.4. The van der Waals surface area contributed by atoms with Crippen molar-refractivity contribution in [3.05, 3.63) is 48.0 Å². The van der Waals surface area contributed by atoms with Crippen LogP contribution in [0.5, 0.6) is 11.5 Å². The van der Waals surface area contributed by atoms with E-state index < -0.39 is 0 Å². The summed E-state index contributed by atoms with van der Waals surface area (Å²) in [4.78, 5) is 13.5. The van der Waals surface area contributed by atoms with E-state index in [2.05, 4.69) is 20.7 Å². The van der Waals surface area contributed by atoms with Crippen LogP contribution < -0.4 is 14.8 Å². The van der Waals surface area contributed by atoms with Gasteiger partial charge in [-0.25, -0.2) is 0 Å². The molecule has 0 bridgehead atoms. The molecule has 1 N–H and O–H groups in total. The van der Waals surface area contributed by atoms with Crippen molar-refractivity contribution in [2.75, 3.05) is 19.5 Å². The summed E-state index contributed by atoms with van der Waals surface area (Å²) in [5.41, 5.74) is 2.49. The third-order valence-electron chi connectivity index (χ3n) is 3.76. The van der Waals surface area contributed by atoms with Gasteiger partial charge in [0.25, 0.3) is 0 Å². The summed E-state index contributed by atoms with van der Waals surface area (Å²) in [6.45, 7) is 1.91. The largest absolute Gasteiger partial charge is 0.497 e. The lowest BCUT2D eigenvalue weighted by Gasteiger charge is -2.09. The van der Waals surface area contributed by atoms with Gasteiger partial charge >= 0.3 is 0 Å². The Labute approximate surface area is 150 Å². The minimum atomic E-state index is -0.283. The predicted octanol–water partition coefficient (Wildman–Crippen LogP) is 2.30. The summed E-state index contributed by atoms with van der Waals surface area (Å²) in [7, 11) is 3.10. The smallest absolute Gasteiger partial charge is 0.248 e. The fourth-order valence-corrected chi connectivity index (χ4v) is 2.45. The van der Waals surface area contributed by atoms with E-state index in [-0.39, 0.29) is 12.5 Å². The summed E-state index contributed by atoms with van der Waals surface area (Å²) >= 11 is 0. The number of hydrogen-bond donors (Lipinski definition) is 1. The molecule has 1 amide bonds. The van der Waals surface area contributed by atoms with E-state index in [9.17, 15) is 4.79 Å². The first-order chi connectivity index (χ1) is 12.6. The van der Waals surface area contributed by atoms with Crippen molar-refractivity contribution in [1.82, 2.24) is 20.2 Å². The SMILES string of the molecule is COc1cc(NC(=O)Cn2nnc(-c3ccccc3C)n2)cc(OC)c1. The first kappa shape index (κ1) is 17.4. The van der Waals surface area contributed by atoms with Gasteiger partial charge in [0, 0.05) is 29.4 Å². The van der Waals surface area contributed by atoms with Gasteiger partial charge in [0.05, 0.1) is 14.2 Å². The van der Waals surface area contributed by atoms with Crippen LogP contribution in [-0.2, 0) is 11.3 Å². The van der Waals surface area contributed by atoms with E-state index in [0.717, 1.165) is 11.1 Å². The Kier molecular flexibility index (Phi) is 5.12. The van der Waals surface area contributed by atoms with Crippen LogP contribution in [0.15, 0.2) is 42.5 Å². The second-order valence-corrected chi connectivity index (χ2v) is 5.61. The molecule has 3 rings (SSSR count). The van der Waals surface area contributed by atoms with Gasteiger partial charge in [0.2, 0.25) is 11.7 Å². The fraction of sp³-hybridized carbons (Fsp3) is 0.222. The lowest BCUT2D eigenvalue weighted by atomic mass is 10.1. The van der Waals surface area contributed by atoms with Gasteiger partial charge in [-0.3, -0.25) is 4.79 Å². The highest BCUT2D eigenvalue weighted by Crippen LogP contribution is 2.25. The Hall–Kier alpha value is -3.42. The summed E-state index contributed by atoms with van der Waals surface area (Å²) in [5.74, 6) is 1.37. The van der Waals surface area contributed by atoms with Gasteiger partial charge in [-0.1, -0.05) is 24.3 Å². The first-order valence-electron chi connectivity index (χ1n) is 7.96. The predicted molar refractivity (Wildman–Crippen MR) is 96.2 cm³/mol. The molecular weight excluding hydrogens is 334 g/mol. The Balaban J connectivity index is 1.70. The number of anilines is 1. The fourth-order valence-electron chi connectivity index (χ4n) is 2.45. The molecule has 1 heterocycles. The molecule has 8 nitrogen and oxygen atoms in total. The molecule has 3 aromatic rings.